The lowest BCUT2D eigenvalue weighted by Crippen LogP contribution is -2.36. The Morgan fingerprint density at radius 1 is 0.618 bits per heavy atom. The van der Waals surface area contributed by atoms with E-state index in [1.165, 1.54) is 6.92 Å². The zero-order valence-electron chi connectivity index (χ0n) is 32.4. The molecule has 15 heteroatoms. The van der Waals surface area contributed by atoms with E-state index < -0.39 is 42.3 Å². The number of para-hydroxylation sites is 1. The third-order valence-corrected chi connectivity index (χ3v) is 8.10. The third kappa shape index (κ3) is 21.6. The standard InChI is InChI=1S/C40H58N2O13/c1-28(2)36(43)50-20-10-18-41-39(46)54-34(26-52-33-12-8-7-9-13-33)24-48-22-31-14-16-32(17-15-31)23-49-25-35(27-53-38(45)30(5)6)55-40(47)42-19-11-21-51-37(44)29(3)4/h7-9,12-13,31-32,34-35H,1,3,5,10-11,14-27H2,2,4,6H3,(H,41,46)(H,42,47). The Bertz CT molecular complexity index is 1390. The average Bonchev–Trinajstić information content (AvgIpc) is 3.16. The summed E-state index contributed by atoms with van der Waals surface area (Å²) in [7, 11) is 0. The van der Waals surface area contributed by atoms with Crippen LogP contribution in [0.3, 0.4) is 0 Å². The number of carbonyl (C=O) groups is 5. The number of hydrogen-bond acceptors (Lipinski definition) is 13. The number of ether oxygens (including phenoxy) is 8. The zero-order valence-corrected chi connectivity index (χ0v) is 32.4. The van der Waals surface area contributed by atoms with E-state index in [1.807, 2.05) is 30.3 Å². The highest BCUT2D eigenvalue weighted by atomic mass is 16.6. The van der Waals surface area contributed by atoms with E-state index >= 15 is 0 Å². The molecule has 1 aromatic carbocycles. The van der Waals surface area contributed by atoms with Crippen LogP contribution in [0.1, 0.15) is 59.3 Å². The number of benzene rings is 1. The Hall–Kier alpha value is -4.89. The lowest BCUT2D eigenvalue weighted by atomic mass is 9.83. The molecule has 2 amide bonds. The van der Waals surface area contributed by atoms with Gasteiger partial charge in [-0.05, 0) is 83.3 Å². The summed E-state index contributed by atoms with van der Waals surface area (Å²) in [6.07, 6.45) is 1.58. The van der Waals surface area contributed by atoms with Crippen LogP contribution in [-0.4, -0.2) is 108 Å². The fourth-order valence-corrected chi connectivity index (χ4v) is 5.01. The van der Waals surface area contributed by atoms with E-state index in [0.717, 1.165) is 25.7 Å². The van der Waals surface area contributed by atoms with Gasteiger partial charge in [0, 0.05) is 43.0 Å². The molecule has 1 aliphatic rings. The average molecular weight is 775 g/mol. The van der Waals surface area contributed by atoms with Gasteiger partial charge in [-0.25, -0.2) is 24.0 Å². The number of nitrogens with one attached hydrogen (secondary N) is 2. The van der Waals surface area contributed by atoms with Gasteiger partial charge in [-0.3, -0.25) is 0 Å². The first-order valence-electron chi connectivity index (χ1n) is 18.5. The Morgan fingerprint density at radius 3 is 1.47 bits per heavy atom. The second-order valence-electron chi connectivity index (χ2n) is 13.4. The molecule has 0 aromatic heterocycles. The predicted molar refractivity (Wildman–Crippen MR) is 202 cm³/mol. The van der Waals surface area contributed by atoms with Gasteiger partial charge in [0.15, 0.2) is 12.2 Å². The van der Waals surface area contributed by atoms with Crippen molar-refractivity contribution in [2.75, 3.05) is 65.9 Å². The van der Waals surface area contributed by atoms with Crippen molar-refractivity contribution in [2.45, 2.75) is 71.5 Å². The van der Waals surface area contributed by atoms with Gasteiger partial charge in [-0.1, -0.05) is 37.9 Å². The van der Waals surface area contributed by atoms with Crippen molar-refractivity contribution in [3.63, 3.8) is 0 Å². The fraction of sp³-hybridized carbons (Fsp3) is 0.575. The molecule has 1 aliphatic carbocycles. The zero-order chi connectivity index (χ0) is 40.4. The second kappa shape index (κ2) is 26.8. The van der Waals surface area contributed by atoms with Gasteiger partial charge in [0.1, 0.15) is 19.0 Å². The van der Waals surface area contributed by atoms with Gasteiger partial charge in [0.05, 0.1) is 26.4 Å². The summed E-state index contributed by atoms with van der Waals surface area (Å²) in [4.78, 5) is 59.8. The van der Waals surface area contributed by atoms with Crippen LogP contribution >= 0.6 is 0 Å². The van der Waals surface area contributed by atoms with E-state index in [1.54, 1.807) is 13.8 Å². The van der Waals surface area contributed by atoms with Crippen LogP contribution < -0.4 is 15.4 Å². The molecule has 0 saturated heterocycles. The lowest BCUT2D eigenvalue weighted by Gasteiger charge is -2.29. The molecule has 0 radical (unpaired) electrons. The van der Waals surface area contributed by atoms with Gasteiger partial charge in [-0.2, -0.15) is 0 Å². The maximum absolute atomic E-state index is 12.5. The van der Waals surface area contributed by atoms with Crippen molar-refractivity contribution in [2.24, 2.45) is 11.8 Å². The molecule has 0 aliphatic heterocycles. The SMILES string of the molecule is C=C(C)C(=O)OCCCNC(=O)OC(COCC1CCC(COCC(COc2ccccc2)OC(=O)NCCCOC(=O)C(=C)C)CC1)COC(=O)C(=C)C. The Morgan fingerprint density at radius 2 is 1.04 bits per heavy atom. The maximum atomic E-state index is 12.5. The summed E-state index contributed by atoms with van der Waals surface area (Å²) in [5.41, 5.74) is 0.816. The van der Waals surface area contributed by atoms with E-state index in [2.05, 4.69) is 30.4 Å². The van der Waals surface area contributed by atoms with Crippen LogP contribution in [0.25, 0.3) is 0 Å². The minimum absolute atomic E-state index is 0.0264. The first-order chi connectivity index (χ1) is 26.3. The first kappa shape index (κ1) is 46.3. The molecular weight excluding hydrogens is 716 g/mol. The molecule has 55 heavy (non-hydrogen) atoms. The normalized spacial score (nSPS) is 16.0. The summed E-state index contributed by atoms with van der Waals surface area (Å²) >= 11 is 0. The smallest absolute Gasteiger partial charge is 0.407 e. The van der Waals surface area contributed by atoms with Crippen LogP contribution in [0, 0.1) is 11.8 Å². The number of alkyl carbamates (subject to hydrolysis) is 2. The van der Waals surface area contributed by atoms with E-state index in [-0.39, 0.29) is 69.8 Å². The van der Waals surface area contributed by atoms with Crippen LogP contribution in [0.15, 0.2) is 66.8 Å². The van der Waals surface area contributed by atoms with Crippen molar-refractivity contribution in [3.05, 3.63) is 66.8 Å². The largest absolute Gasteiger partial charge is 0.490 e. The number of amides is 2. The molecular formula is C40H58N2O13. The first-order valence-corrected chi connectivity index (χ1v) is 18.5. The Labute approximate surface area is 324 Å². The molecule has 2 rings (SSSR count). The van der Waals surface area contributed by atoms with Crippen molar-refractivity contribution < 1.29 is 61.9 Å². The Kier molecular flexibility index (Phi) is 22.6. The highest BCUT2D eigenvalue weighted by Crippen LogP contribution is 2.29. The second-order valence-corrected chi connectivity index (χ2v) is 13.4. The van der Waals surface area contributed by atoms with Crippen molar-refractivity contribution in [1.82, 2.24) is 10.6 Å². The van der Waals surface area contributed by atoms with E-state index in [4.69, 9.17) is 37.9 Å². The summed E-state index contributed by atoms with van der Waals surface area (Å²) in [5, 5.41) is 5.25. The number of carbonyl (C=O) groups excluding carboxylic acids is 5. The highest BCUT2D eigenvalue weighted by Gasteiger charge is 2.24. The van der Waals surface area contributed by atoms with Crippen molar-refractivity contribution >= 4 is 30.1 Å². The molecule has 1 aromatic rings. The molecule has 15 nitrogen and oxygen atoms in total. The van der Waals surface area contributed by atoms with Crippen LogP contribution in [0.5, 0.6) is 5.75 Å². The summed E-state index contributed by atoms with van der Waals surface area (Å²) in [6, 6.07) is 9.20. The fourth-order valence-electron chi connectivity index (χ4n) is 5.01. The molecule has 0 bridgehead atoms. The highest BCUT2D eigenvalue weighted by molar-refractivity contribution is 5.87. The number of esters is 3. The van der Waals surface area contributed by atoms with Gasteiger partial charge in [-0.15, -0.1) is 0 Å². The van der Waals surface area contributed by atoms with Gasteiger partial charge in [0.25, 0.3) is 0 Å². The quantitative estimate of drug-likeness (QED) is 0.0541. The van der Waals surface area contributed by atoms with Crippen LogP contribution in [0.2, 0.25) is 0 Å². The minimum atomic E-state index is -0.844. The lowest BCUT2D eigenvalue weighted by molar-refractivity contribution is -0.143. The van der Waals surface area contributed by atoms with Crippen LogP contribution in [0.4, 0.5) is 9.59 Å². The van der Waals surface area contributed by atoms with E-state index in [9.17, 15) is 24.0 Å². The number of hydrogen-bond donors (Lipinski definition) is 2. The summed E-state index contributed by atoms with van der Waals surface area (Å²) in [6.45, 7) is 17.0. The Balaban J connectivity index is 1.74. The number of rotatable bonds is 26. The minimum Gasteiger partial charge on any atom is -0.490 e. The van der Waals surface area contributed by atoms with Crippen molar-refractivity contribution in [1.29, 1.82) is 0 Å². The third-order valence-electron chi connectivity index (χ3n) is 8.10. The molecule has 0 heterocycles. The van der Waals surface area contributed by atoms with Gasteiger partial charge < -0.3 is 48.5 Å². The maximum Gasteiger partial charge on any atom is 0.407 e. The molecule has 0 spiro atoms. The molecule has 2 N–H and O–H groups in total. The van der Waals surface area contributed by atoms with Gasteiger partial charge in [0.2, 0.25) is 0 Å². The molecule has 1 saturated carbocycles. The summed E-state index contributed by atoms with van der Waals surface area (Å²) < 4.78 is 44.1. The monoisotopic (exact) mass is 774 g/mol. The predicted octanol–water partition coefficient (Wildman–Crippen LogP) is 5.23. The van der Waals surface area contributed by atoms with Gasteiger partial charge >= 0.3 is 30.1 Å². The molecule has 2 unspecified atom stereocenters. The topological polar surface area (TPSA) is 183 Å². The summed E-state index contributed by atoms with van der Waals surface area (Å²) in [5.74, 6) is -0.342. The van der Waals surface area contributed by atoms with Crippen molar-refractivity contribution in [3.8, 4) is 5.75 Å². The molecule has 1 fully saturated rings. The van der Waals surface area contributed by atoms with E-state index in [0.29, 0.717) is 43.3 Å². The molecule has 2 atom stereocenters. The molecule has 306 valence electrons. The van der Waals surface area contributed by atoms with Crippen LogP contribution in [-0.2, 0) is 47.5 Å².